The number of ketones is 1. The van der Waals surface area contributed by atoms with Crippen LogP contribution in [0.4, 0.5) is 0 Å². The highest BCUT2D eigenvalue weighted by Gasteiger charge is 2.25. The van der Waals surface area contributed by atoms with Gasteiger partial charge in [-0.2, -0.15) is 0 Å². The molecule has 0 saturated carbocycles. The van der Waals surface area contributed by atoms with Crippen LogP contribution in [0.2, 0.25) is 0 Å². The van der Waals surface area contributed by atoms with E-state index < -0.39 is 0 Å². The van der Waals surface area contributed by atoms with Gasteiger partial charge in [-0.3, -0.25) is 4.79 Å². The molecule has 0 N–H and O–H groups in total. The van der Waals surface area contributed by atoms with Crippen LogP contribution in [0.25, 0.3) is 55.2 Å². The van der Waals surface area contributed by atoms with Crippen LogP contribution in [0.5, 0.6) is 0 Å². The number of carbonyl (C=O) groups excluding carboxylic acids is 1. The molecule has 0 aliphatic heterocycles. The average molecular weight is 492 g/mol. The molecule has 184 valence electrons. The SMILES string of the molecule is CCn1c2ccc(C(C)=O)cc2c2cc(-c3c(-c4ccccc4C)ccc4c3Cc3ccccc3-4)ccc21. The second kappa shape index (κ2) is 8.56. The zero-order chi connectivity index (χ0) is 26.0. The summed E-state index contributed by atoms with van der Waals surface area (Å²) in [6.45, 7) is 6.90. The zero-order valence-electron chi connectivity index (χ0n) is 22.0. The molecule has 0 saturated heterocycles. The Labute approximate surface area is 223 Å². The second-order valence-corrected chi connectivity index (χ2v) is 10.4. The number of benzene rings is 5. The minimum atomic E-state index is 0.0981. The minimum absolute atomic E-state index is 0.0981. The minimum Gasteiger partial charge on any atom is -0.341 e. The highest BCUT2D eigenvalue weighted by Crippen LogP contribution is 2.47. The molecule has 0 unspecified atom stereocenters. The lowest BCUT2D eigenvalue weighted by Crippen LogP contribution is -1.95. The van der Waals surface area contributed by atoms with Crippen LogP contribution in [-0.4, -0.2) is 10.4 Å². The molecule has 0 atom stereocenters. The van der Waals surface area contributed by atoms with Gasteiger partial charge in [0.2, 0.25) is 0 Å². The number of hydrogen-bond donors (Lipinski definition) is 0. The van der Waals surface area contributed by atoms with Crippen molar-refractivity contribution in [1.29, 1.82) is 0 Å². The lowest BCUT2D eigenvalue weighted by molar-refractivity contribution is 0.101. The van der Waals surface area contributed by atoms with Crippen molar-refractivity contribution in [3.8, 4) is 33.4 Å². The Morgan fingerprint density at radius 1 is 0.737 bits per heavy atom. The van der Waals surface area contributed by atoms with Crippen molar-refractivity contribution in [3.05, 3.63) is 119 Å². The third-order valence-corrected chi connectivity index (χ3v) is 8.30. The molecule has 0 spiro atoms. The normalized spacial score (nSPS) is 12.2. The van der Waals surface area contributed by atoms with E-state index in [1.165, 1.54) is 66.5 Å². The van der Waals surface area contributed by atoms with Gasteiger partial charge in [0.1, 0.15) is 0 Å². The Morgan fingerprint density at radius 3 is 2.18 bits per heavy atom. The largest absolute Gasteiger partial charge is 0.341 e. The van der Waals surface area contributed by atoms with Crippen molar-refractivity contribution in [1.82, 2.24) is 4.57 Å². The van der Waals surface area contributed by atoms with Gasteiger partial charge in [0.15, 0.2) is 5.78 Å². The maximum absolute atomic E-state index is 12.3. The Bertz CT molecular complexity index is 1920. The molecule has 1 aliphatic carbocycles. The third kappa shape index (κ3) is 3.30. The monoisotopic (exact) mass is 491 g/mol. The van der Waals surface area contributed by atoms with E-state index in [0.717, 1.165) is 23.9 Å². The molecule has 1 aliphatic rings. The van der Waals surface area contributed by atoms with Gasteiger partial charge in [0, 0.05) is 33.9 Å². The highest BCUT2D eigenvalue weighted by atomic mass is 16.1. The molecule has 5 aromatic carbocycles. The number of nitrogens with zero attached hydrogens (tertiary/aromatic N) is 1. The van der Waals surface area contributed by atoms with Gasteiger partial charge in [0.05, 0.1) is 0 Å². The molecule has 1 aromatic heterocycles. The summed E-state index contributed by atoms with van der Waals surface area (Å²) in [7, 11) is 0. The van der Waals surface area contributed by atoms with Crippen molar-refractivity contribution in [2.24, 2.45) is 0 Å². The molecule has 6 aromatic rings. The van der Waals surface area contributed by atoms with E-state index in [4.69, 9.17) is 0 Å². The van der Waals surface area contributed by atoms with Gasteiger partial charge in [-0.25, -0.2) is 0 Å². The predicted molar refractivity (Wildman–Crippen MR) is 159 cm³/mol. The molecular formula is C36H29NO. The first-order valence-electron chi connectivity index (χ1n) is 13.4. The fourth-order valence-corrected chi connectivity index (χ4v) is 6.46. The molecule has 2 heteroatoms. The summed E-state index contributed by atoms with van der Waals surface area (Å²) >= 11 is 0. The Hall–Kier alpha value is -4.43. The first-order chi connectivity index (χ1) is 18.5. The molecule has 0 fully saturated rings. The topological polar surface area (TPSA) is 22.0 Å². The number of Topliss-reactive ketones (excluding diaryl/α,β-unsaturated/α-hetero) is 1. The molecule has 0 bridgehead atoms. The Morgan fingerprint density at radius 2 is 1.42 bits per heavy atom. The molecule has 2 nitrogen and oxygen atoms in total. The molecule has 38 heavy (non-hydrogen) atoms. The van der Waals surface area contributed by atoms with Crippen LogP contribution in [0.3, 0.4) is 0 Å². The lowest BCUT2D eigenvalue weighted by Gasteiger charge is -2.18. The number of carbonyl (C=O) groups is 1. The fourth-order valence-electron chi connectivity index (χ4n) is 6.46. The summed E-state index contributed by atoms with van der Waals surface area (Å²) in [5.74, 6) is 0.0981. The molecule has 0 amide bonds. The molecule has 1 heterocycles. The van der Waals surface area contributed by atoms with Crippen molar-refractivity contribution in [3.63, 3.8) is 0 Å². The van der Waals surface area contributed by atoms with Crippen molar-refractivity contribution in [2.45, 2.75) is 33.7 Å². The quantitative estimate of drug-likeness (QED) is 0.225. The average Bonchev–Trinajstić information content (AvgIpc) is 3.47. The van der Waals surface area contributed by atoms with E-state index in [1.54, 1.807) is 6.92 Å². The van der Waals surface area contributed by atoms with E-state index in [0.29, 0.717) is 0 Å². The Kier molecular flexibility index (Phi) is 5.13. The van der Waals surface area contributed by atoms with Crippen LogP contribution in [0.15, 0.2) is 97.1 Å². The Balaban J connectivity index is 1.55. The van der Waals surface area contributed by atoms with Crippen molar-refractivity contribution in [2.75, 3.05) is 0 Å². The standard InChI is InChI=1S/C36H29NO/c1-4-37-34-17-13-24(23(3)38)19-31(34)32-21-26(14-18-35(32)37)36-30(27-11-7-5-9-22(27)2)16-15-29-28-12-8-6-10-25(28)20-33(29)36/h5-19,21H,4,20H2,1-3H3. The summed E-state index contributed by atoms with van der Waals surface area (Å²) < 4.78 is 2.35. The highest BCUT2D eigenvalue weighted by molar-refractivity contribution is 6.12. The van der Waals surface area contributed by atoms with Gasteiger partial charge < -0.3 is 4.57 Å². The first-order valence-corrected chi connectivity index (χ1v) is 13.4. The summed E-state index contributed by atoms with van der Waals surface area (Å²) in [6.07, 6.45) is 0.934. The summed E-state index contributed by atoms with van der Waals surface area (Å²) in [6, 6.07) is 35.1. The second-order valence-electron chi connectivity index (χ2n) is 10.4. The summed E-state index contributed by atoms with van der Waals surface area (Å²) in [5, 5.41) is 2.34. The van der Waals surface area contributed by atoms with Crippen molar-refractivity contribution < 1.29 is 4.79 Å². The first kappa shape index (κ1) is 22.7. The number of fused-ring (bicyclic) bond motifs is 6. The van der Waals surface area contributed by atoms with Crippen molar-refractivity contribution >= 4 is 27.6 Å². The van der Waals surface area contributed by atoms with Gasteiger partial charge in [-0.05, 0) is 108 Å². The van der Waals surface area contributed by atoms with E-state index in [9.17, 15) is 4.79 Å². The van der Waals surface area contributed by atoms with E-state index in [-0.39, 0.29) is 5.78 Å². The van der Waals surface area contributed by atoms with Crippen LogP contribution in [0, 0.1) is 6.92 Å². The van der Waals surface area contributed by atoms with E-state index in [2.05, 4.69) is 109 Å². The third-order valence-electron chi connectivity index (χ3n) is 8.30. The number of aromatic nitrogens is 1. The van der Waals surface area contributed by atoms with Crippen LogP contribution in [-0.2, 0) is 13.0 Å². The predicted octanol–water partition coefficient (Wildman–Crippen LogP) is 9.23. The van der Waals surface area contributed by atoms with Gasteiger partial charge in [0.25, 0.3) is 0 Å². The molecule has 0 radical (unpaired) electrons. The molecular weight excluding hydrogens is 462 g/mol. The maximum Gasteiger partial charge on any atom is 0.159 e. The smallest absolute Gasteiger partial charge is 0.159 e. The van der Waals surface area contributed by atoms with Crippen LogP contribution < -0.4 is 0 Å². The number of hydrogen-bond acceptors (Lipinski definition) is 1. The maximum atomic E-state index is 12.3. The van der Waals surface area contributed by atoms with Crippen LogP contribution in [0.1, 0.15) is 40.9 Å². The number of rotatable bonds is 4. The van der Waals surface area contributed by atoms with Gasteiger partial charge >= 0.3 is 0 Å². The van der Waals surface area contributed by atoms with Crippen LogP contribution >= 0.6 is 0 Å². The van der Waals surface area contributed by atoms with E-state index >= 15 is 0 Å². The van der Waals surface area contributed by atoms with Gasteiger partial charge in [-0.1, -0.05) is 66.7 Å². The molecule has 7 rings (SSSR count). The lowest BCUT2D eigenvalue weighted by atomic mass is 9.86. The fraction of sp³-hybridized carbons (Fsp3) is 0.139. The summed E-state index contributed by atoms with van der Waals surface area (Å²) in [4.78, 5) is 12.3. The van der Waals surface area contributed by atoms with Gasteiger partial charge in [-0.15, -0.1) is 0 Å². The number of aryl methyl sites for hydroxylation is 2. The van der Waals surface area contributed by atoms with E-state index in [1.807, 2.05) is 6.07 Å². The zero-order valence-corrected chi connectivity index (χ0v) is 22.0. The summed E-state index contributed by atoms with van der Waals surface area (Å²) in [5.41, 5.74) is 15.0.